The van der Waals surface area contributed by atoms with Crippen LogP contribution in [0.2, 0.25) is 0 Å². The van der Waals surface area contributed by atoms with Crippen LogP contribution in [0, 0.1) is 11.6 Å². The number of nitrogens with zero attached hydrogens (tertiary/aromatic N) is 3. The van der Waals surface area contributed by atoms with E-state index >= 15 is 0 Å². The zero-order valence-electron chi connectivity index (χ0n) is 12.7. The molecule has 5 nitrogen and oxygen atoms in total. The van der Waals surface area contributed by atoms with Crippen molar-refractivity contribution >= 4 is 17.5 Å². The average Bonchev–Trinajstić information content (AvgIpc) is 2.60. The lowest BCUT2D eigenvalue weighted by atomic mass is 10.1. The van der Waals surface area contributed by atoms with Gasteiger partial charge in [-0.05, 0) is 24.1 Å². The summed E-state index contributed by atoms with van der Waals surface area (Å²) in [6.45, 7) is 0.653. The Balaban J connectivity index is 1.60. The minimum Gasteiger partial charge on any atom is -0.353 e. The molecule has 122 valence electrons. The van der Waals surface area contributed by atoms with Crippen molar-refractivity contribution in [3.8, 4) is 0 Å². The van der Waals surface area contributed by atoms with Crippen LogP contribution in [0.1, 0.15) is 5.56 Å². The maximum absolute atomic E-state index is 13.2. The molecule has 1 aromatic heterocycles. The van der Waals surface area contributed by atoms with E-state index in [2.05, 4.69) is 25.8 Å². The molecule has 3 rings (SSSR count). The lowest BCUT2D eigenvalue weighted by molar-refractivity contribution is 0.509. The van der Waals surface area contributed by atoms with Gasteiger partial charge in [0.2, 0.25) is 5.95 Å². The van der Waals surface area contributed by atoms with Crippen molar-refractivity contribution in [3.63, 3.8) is 0 Å². The Kier molecular flexibility index (Phi) is 4.90. The van der Waals surface area contributed by atoms with Crippen LogP contribution in [-0.4, -0.2) is 21.7 Å². The third-order valence-electron chi connectivity index (χ3n) is 3.29. The van der Waals surface area contributed by atoms with Crippen molar-refractivity contribution in [1.29, 1.82) is 0 Å². The van der Waals surface area contributed by atoms with Crippen molar-refractivity contribution in [1.82, 2.24) is 15.2 Å². The molecule has 0 atom stereocenters. The number of anilines is 3. The summed E-state index contributed by atoms with van der Waals surface area (Å²) < 4.78 is 26.1. The standard InChI is InChI=1S/C17H15F2N5/c18-14-7-6-13(10-15(14)19)22-16-11-21-24-17(23-16)20-9-8-12-4-2-1-3-5-12/h1-7,10-11H,8-9H2,(H2,20,22,23,24). The Morgan fingerprint density at radius 2 is 1.79 bits per heavy atom. The molecule has 0 aliphatic carbocycles. The number of benzene rings is 2. The molecule has 0 aliphatic heterocycles. The van der Waals surface area contributed by atoms with Gasteiger partial charge in [-0.2, -0.15) is 10.1 Å². The molecule has 0 saturated heterocycles. The van der Waals surface area contributed by atoms with E-state index in [0.29, 0.717) is 24.0 Å². The molecule has 1 heterocycles. The number of rotatable bonds is 6. The summed E-state index contributed by atoms with van der Waals surface area (Å²) >= 11 is 0. The highest BCUT2D eigenvalue weighted by Gasteiger charge is 2.05. The molecule has 0 spiro atoms. The van der Waals surface area contributed by atoms with E-state index in [4.69, 9.17) is 0 Å². The van der Waals surface area contributed by atoms with Crippen molar-refractivity contribution in [2.45, 2.75) is 6.42 Å². The van der Waals surface area contributed by atoms with Gasteiger partial charge in [0, 0.05) is 18.3 Å². The van der Waals surface area contributed by atoms with Gasteiger partial charge >= 0.3 is 0 Å². The Labute approximate surface area is 137 Å². The van der Waals surface area contributed by atoms with E-state index in [9.17, 15) is 8.78 Å². The quantitative estimate of drug-likeness (QED) is 0.725. The highest BCUT2D eigenvalue weighted by Crippen LogP contribution is 2.17. The first-order valence-electron chi connectivity index (χ1n) is 7.40. The van der Waals surface area contributed by atoms with Crippen molar-refractivity contribution in [3.05, 3.63) is 71.9 Å². The highest BCUT2D eigenvalue weighted by molar-refractivity contribution is 5.56. The van der Waals surface area contributed by atoms with Crippen molar-refractivity contribution in [2.24, 2.45) is 0 Å². The molecule has 24 heavy (non-hydrogen) atoms. The van der Waals surface area contributed by atoms with E-state index in [1.807, 2.05) is 30.3 Å². The van der Waals surface area contributed by atoms with E-state index in [0.717, 1.165) is 18.6 Å². The van der Waals surface area contributed by atoms with E-state index in [1.165, 1.54) is 17.8 Å². The molecule has 0 radical (unpaired) electrons. The first-order valence-corrected chi connectivity index (χ1v) is 7.40. The SMILES string of the molecule is Fc1ccc(Nc2cnnc(NCCc3ccccc3)n2)cc1F. The van der Waals surface area contributed by atoms with Crippen LogP contribution in [0.25, 0.3) is 0 Å². The minimum atomic E-state index is -0.928. The van der Waals surface area contributed by atoms with Gasteiger partial charge in [0.15, 0.2) is 17.5 Å². The normalized spacial score (nSPS) is 10.4. The first-order chi connectivity index (χ1) is 11.7. The summed E-state index contributed by atoms with van der Waals surface area (Å²) in [6, 6.07) is 13.6. The van der Waals surface area contributed by atoms with Crippen molar-refractivity contribution in [2.75, 3.05) is 17.2 Å². The monoisotopic (exact) mass is 327 g/mol. The lowest BCUT2D eigenvalue weighted by Crippen LogP contribution is -2.09. The summed E-state index contributed by atoms with van der Waals surface area (Å²) in [4.78, 5) is 4.24. The Morgan fingerprint density at radius 3 is 2.58 bits per heavy atom. The van der Waals surface area contributed by atoms with Gasteiger partial charge in [-0.15, -0.1) is 5.10 Å². The molecule has 0 bridgehead atoms. The predicted molar refractivity (Wildman–Crippen MR) is 88.1 cm³/mol. The topological polar surface area (TPSA) is 62.7 Å². The van der Waals surface area contributed by atoms with Crippen LogP contribution >= 0.6 is 0 Å². The Morgan fingerprint density at radius 1 is 0.958 bits per heavy atom. The van der Waals surface area contributed by atoms with Gasteiger partial charge in [-0.25, -0.2) is 8.78 Å². The van der Waals surface area contributed by atoms with Crippen LogP contribution in [0.5, 0.6) is 0 Å². The average molecular weight is 327 g/mol. The zero-order valence-corrected chi connectivity index (χ0v) is 12.7. The van der Waals surface area contributed by atoms with Crippen LogP contribution in [0.15, 0.2) is 54.7 Å². The smallest absolute Gasteiger partial charge is 0.244 e. The lowest BCUT2D eigenvalue weighted by Gasteiger charge is -2.08. The van der Waals surface area contributed by atoms with Gasteiger partial charge in [0.25, 0.3) is 0 Å². The molecule has 0 unspecified atom stereocenters. The minimum absolute atomic E-state index is 0.360. The Hall–Kier alpha value is -3.09. The molecule has 0 saturated carbocycles. The largest absolute Gasteiger partial charge is 0.353 e. The number of nitrogens with one attached hydrogen (secondary N) is 2. The number of aromatic nitrogens is 3. The maximum Gasteiger partial charge on any atom is 0.244 e. The molecule has 0 fully saturated rings. The third kappa shape index (κ3) is 4.22. The third-order valence-corrected chi connectivity index (χ3v) is 3.29. The molecule has 7 heteroatoms. The van der Waals surface area contributed by atoms with Gasteiger partial charge in [-0.1, -0.05) is 30.3 Å². The number of halogens is 2. The second-order valence-corrected chi connectivity index (χ2v) is 5.08. The molecular weight excluding hydrogens is 312 g/mol. The van der Waals surface area contributed by atoms with Gasteiger partial charge in [0.1, 0.15) is 0 Å². The maximum atomic E-state index is 13.2. The van der Waals surface area contributed by atoms with Gasteiger partial charge < -0.3 is 10.6 Å². The van der Waals surface area contributed by atoms with Gasteiger partial charge in [0.05, 0.1) is 6.20 Å². The van der Waals surface area contributed by atoms with E-state index in [-0.39, 0.29) is 0 Å². The molecule has 0 amide bonds. The van der Waals surface area contributed by atoms with E-state index < -0.39 is 11.6 Å². The van der Waals surface area contributed by atoms with Crippen LogP contribution < -0.4 is 10.6 Å². The molecule has 2 N–H and O–H groups in total. The highest BCUT2D eigenvalue weighted by atomic mass is 19.2. The van der Waals surface area contributed by atoms with Gasteiger partial charge in [-0.3, -0.25) is 0 Å². The van der Waals surface area contributed by atoms with Crippen LogP contribution in [-0.2, 0) is 6.42 Å². The fourth-order valence-electron chi connectivity index (χ4n) is 2.12. The fraction of sp³-hybridized carbons (Fsp3) is 0.118. The van der Waals surface area contributed by atoms with Crippen LogP contribution in [0.3, 0.4) is 0 Å². The first kappa shape index (κ1) is 15.8. The Bertz CT molecular complexity index is 811. The molecule has 0 aliphatic rings. The number of hydrogen-bond donors (Lipinski definition) is 2. The fourth-order valence-corrected chi connectivity index (χ4v) is 2.12. The molecular formula is C17H15F2N5. The summed E-state index contributed by atoms with van der Waals surface area (Å²) in [5.74, 6) is -1.08. The van der Waals surface area contributed by atoms with E-state index in [1.54, 1.807) is 0 Å². The summed E-state index contributed by atoms with van der Waals surface area (Å²) in [7, 11) is 0. The zero-order chi connectivity index (χ0) is 16.8. The van der Waals surface area contributed by atoms with Crippen molar-refractivity contribution < 1.29 is 8.78 Å². The number of hydrogen-bond acceptors (Lipinski definition) is 5. The molecule has 3 aromatic rings. The predicted octanol–water partition coefficient (Wildman–Crippen LogP) is 3.55. The summed E-state index contributed by atoms with van der Waals surface area (Å²) in [6.07, 6.45) is 2.23. The molecule has 2 aromatic carbocycles. The second kappa shape index (κ2) is 7.45. The summed E-state index contributed by atoms with van der Waals surface area (Å²) in [5, 5.41) is 13.7. The van der Waals surface area contributed by atoms with Crippen LogP contribution in [0.4, 0.5) is 26.2 Å². The summed E-state index contributed by atoms with van der Waals surface area (Å²) in [5.41, 5.74) is 1.58. The second-order valence-electron chi connectivity index (χ2n) is 5.08.